The second kappa shape index (κ2) is 11.9. The van der Waals surface area contributed by atoms with Crippen molar-refractivity contribution in [3.05, 3.63) is 29.8 Å². The van der Waals surface area contributed by atoms with Gasteiger partial charge in [-0.3, -0.25) is 9.79 Å². The lowest BCUT2D eigenvalue weighted by Crippen LogP contribution is -2.46. The first-order valence-corrected chi connectivity index (χ1v) is 8.77. The van der Waals surface area contributed by atoms with Crippen molar-refractivity contribution in [2.45, 2.75) is 19.3 Å². The van der Waals surface area contributed by atoms with E-state index in [-0.39, 0.29) is 42.2 Å². The minimum Gasteiger partial charge on any atom is -0.489 e. The van der Waals surface area contributed by atoms with E-state index in [0.717, 1.165) is 44.0 Å². The van der Waals surface area contributed by atoms with Crippen molar-refractivity contribution in [3.63, 3.8) is 0 Å². The van der Waals surface area contributed by atoms with Crippen LogP contribution in [0.5, 0.6) is 5.75 Å². The van der Waals surface area contributed by atoms with Crippen LogP contribution in [-0.4, -0.2) is 57.1 Å². The van der Waals surface area contributed by atoms with Gasteiger partial charge in [0.05, 0.1) is 6.54 Å². The van der Waals surface area contributed by atoms with Crippen LogP contribution in [0.4, 0.5) is 8.78 Å². The quantitative estimate of drug-likeness (QED) is 0.275. The predicted octanol–water partition coefficient (Wildman–Crippen LogP) is 2.39. The molecule has 0 unspecified atom stereocenters. The molecule has 0 atom stereocenters. The Bertz CT molecular complexity index is 638. The number of hydrogen-bond acceptors (Lipinski definition) is 3. The number of piperidine rings is 1. The van der Waals surface area contributed by atoms with Crippen molar-refractivity contribution in [2.75, 3.05) is 40.3 Å². The molecule has 0 aliphatic carbocycles. The molecule has 1 saturated heterocycles. The van der Waals surface area contributed by atoms with Crippen LogP contribution in [-0.2, 0) is 4.79 Å². The normalized spacial score (nSPS) is 15.1. The molecule has 9 heteroatoms. The van der Waals surface area contributed by atoms with Gasteiger partial charge in [-0.25, -0.2) is 8.78 Å². The summed E-state index contributed by atoms with van der Waals surface area (Å²) in [6.45, 7) is 2.33. The second-order valence-electron chi connectivity index (χ2n) is 6.20. The first kappa shape index (κ1) is 23.4. The summed E-state index contributed by atoms with van der Waals surface area (Å²) in [6.07, 6.45) is 2.43. The summed E-state index contributed by atoms with van der Waals surface area (Å²) in [4.78, 5) is 17.9. The number of ether oxygens (including phenoxy) is 1. The van der Waals surface area contributed by atoms with Gasteiger partial charge in [0.1, 0.15) is 12.4 Å². The standard InChI is InChI=1S/C18H26F2N4O2.HI/c1-21-17(25)11-13-5-8-24(9-6-13)18(22-2)23-7-10-26-16-4-3-14(19)12-15(16)20;/h3-4,12-13H,5-11H2,1-2H3,(H,21,25)(H,22,23);1H. The summed E-state index contributed by atoms with van der Waals surface area (Å²) in [5, 5.41) is 5.84. The van der Waals surface area contributed by atoms with E-state index in [0.29, 0.717) is 18.9 Å². The maximum atomic E-state index is 13.5. The molecule has 0 bridgehead atoms. The minimum atomic E-state index is -0.715. The first-order chi connectivity index (χ1) is 12.5. The SMILES string of the molecule is CN=C(NCCOc1ccc(F)cc1F)N1CCC(CC(=O)NC)CC1.I. The molecule has 0 aromatic heterocycles. The van der Waals surface area contributed by atoms with Gasteiger partial charge in [-0.15, -0.1) is 24.0 Å². The molecular formula is C18H27F2IN4O2. The lowest BCUT2D eigenvalue weighted by molar-refractivity contribution is -0.121. The van der Waals surface area contributed by atoms with Gasteiger partial charge in [0.2, 0.25) is 5.91 Å². The highest BCUT2D eigenvalue weighted by molar-refractivity contribution is 14.0. The number of nitrogens with one attached hydrogen (secondary N) is 2. The molecule has 6 nitrogen and oxygen atoms in total. The van der Waals surface area contributed by atoms with Gasteiger partial charge in [0, 0.05) is 39.7 Å². The summed E-state index contributed by atoms with van der Waals surface area (Å²) in [5.74, 6) is -0.0873. The fourth-order valence-electron chi connectivity index (χ4n) is 2.96. The van der Waals surface area contributed by atoms with Crippen LogP contribution in [0.2, 0.25) is 0 Å². The molecule has 2 rings (SSSR count). The number of carbonyl (C=O) groups is 1. The van der Waals surface area contributed by atoms with E-state index in [4.69, 9.17) is 4.74 Å². The molecule has 1 fully saturated rings. The van der Waals surface area contributed by atoms with Crippen molar-refractivity contribution in [2.24, 2.45) is 10.9 Å². The smallest absolute Gasteiger partial charge is 0.220 e. The van der Waals surface area contributed by atoms with Gasteiger partial charge in [-0.05, 0) is 30.9 Å². The monoisotopic (exact) mass is 496 g/mol. The van der Waals surface area contributed by atoms with E-state index >= 15 is 0 Å². The molecule has 2 N–H and O–H groups in total. The van der Waals surface area contributed by atoms with Crippen molar-refractivity contribution >= 4 is 35.8 Å². The molecule has 1 aromatic carbocycles. The van der Waals surface area contributed by atoms with Gasteiger partial charge < -0.3 is 20.3 Å². The van der Waals surface area contributed by atoms with Gasteiger partial charge in [-0.1, -0.05) is 0 Å². The number of halogens is 3. The number of benzene rings is 1. The van der Waals surface area contributed by atoms with Crippen molar-refractivity contribution < 1.29 is 18.3 Å². The third kappa shape index (κ3) is 7.47. The number of likely N-dealkylation sites (tertiary alicyclic amines) is 1. The van der Waals surface area contributed by atoms with Crippen molar-refractivity contribution in [1.29, 1.82) is 0 Å². The fourth-order valence-corrected chi connectivity index (χ4v) is 2.96. The van der Waals surface area contributed by atoms with Crippen LogP contribution >= 0.6 is 24.0 Å². The number of amides is 1. The highest BCUT2D eigenvalue weighted by Gasteiger charge is 2.22. The Morgan fingerprint density at radius 3 is 2.63 bits per heavy atom. The zero-order valence-electron chi connectivity index (χ0n) is 15.6. The van der Waals surface area contributed by atoms with Crippen LogP contribution < -0.4 is 15.4 Å². The van der Waals surface area contributed by atoms with Gasteiger partial charge in [-0.2, -0.15) is 0 Å². The average Bonchev–Trinajstić information content (AvgIpc) is 2.64. The molecule has 1 aliphatic heterocycles. The molecule has 0 saturated carbocycles. The molecule has 0 radical (unpaired) electrons. The molecule has 1 aromatic rings. The number of nitrogens with zero attached hydrogens (tertiary/aromatic N) is 2. The lowest BCUT2D eigenvalue weighted by Gasteiger charge is -2.34. The second-order valence-corrected chi connectivity index (χ2v) is 6.20. The largest absolute Gasteiger partial charge is 0.489 e. The minimum absolute atomic E-state index is 0. The molecule has 152 valence electrons. The summed E-state index contributed by atoms with van der Waals surface area (Å²) >= 11 is 0. The van der Waals surface area contributed by atoms with Crippen LogP contribution in [0, 0.1) is 17.6 Å². The fraction of sp³-hybridized carbons (Fsp3) is 0.556. The summed E-state index contributed by atoms with van der Waals surface area (Å²) in [6, 6.07) is 3.23. The highest BCUT2D eigenvalue weighted by atomic mass is 127. The van der Waals surface area contributed by atoms with Gasteiger partial charge >= 0.3 is 0 Å². The Hall–Kier alpha value is -1.65. The van der Waals surface area contributed by atoms with E-state index in [1.54, 1.807) is 14.1 Å². The number of rotatable bonds is 6. The van der Waals surface area contributed by atoms with Crippen LogP contribution in [0.15, 0.2) is 23.2 Å². The number of carbonyl (C=O) groups excluding carboxylic acids is 1. The Kier molecular flexibility index (Phi) is 10.3. The Labute approximate surface area is 175 Å². The first-order valence-electron chi connectivity index (χ1n) is 8.77. The Balaban J connectivity index is 0.00000364. The zero-order valence-corrected chi connectivity index (χ0v) is 18.0. The van der Waals surface area contributed by atoms with Crippen LogP contribution in [0.1, 0.15) is 19.3 Å². The van der Waals surface area contributed by atoms with Crippen molar-refractivity contribution in [3.8, 4) is 5.75 Å². The highest BCUT2D eigenvalue weighted by Crippen LogP contribution is 2.20. The molecular weight excluding hydrogens is 469 g/mol. The van der Waals surface area contributed by atoms with Crippen LogP contribution in [0.3, 0.4) is 0 Å². The molecule has 27 heavy (non-hydrogen) atoms. The predicted molar refractivity (Wildman–Crippen MR) is 112 cm³/mol. The zero-order chi connectivity index (χ0) is 18.9. The third-order valence-electron chi connectivity index (χ3n) is 4.42. The molecule has 1 heterocycles. The number of hydrogen-bond donors (Lipinski definition) is 2. The van der Waals surface area contributed by atoms with E-state index in [1.807, 2.05) is 0 Å². The average molecular weight is 496 g/mol. The number of guanidine groups is 1. The van der Waals surface area contributed by atoms with E-state index in [2.05, 4.69) is 20.5 Å². The van der Waals surface area contributed by atoms with E-state index in [1.165, 1.54) is 6.07 Å². The summed E-state index contributed by atoms with van der Waals surface area (Å²) < 4.78 is 31.7. The number of aliphatic imine (C=N–C) groups is 1. The third-order valence-corrected chi connectivity index (χ3v) is 4.42. The molecule has 1 amide bonds. The topological polar surface area (TPSA) is 66.0 Å². The van der Waals surface area contributed by atoms with Crippen molar-refractivity contribution in [1.82, 2.24) is 15.5 Å². The molecule has 0 spiro atoms. The maximum absolute atomic E-state index is 13.5. The van der Waals surface area contributed by atoms with Crippen LogP contribution in [0.25, 0.3) is 0 Å². The summed E-state index contributed by atoms with van der Waals surface area (Å²) in [7, 11) is 3.36. The Morgan fingerprint density at radius 1 is 1.33 bits per heavy atom. The Morgan fingerprint density at radius 2 is 2.04 bits per heavy atom. The summed E-state index contributed by atoms with van der Waals surface area (Å²) in [5.41, 5.74) is 0. The van der Waals surface area contributed by atoms with Gasteiger partial charge in [0.25, 0.3) is 0 Å². The van der Waals surface area contributed by atoms with Gasteiger partial charge in [0.15, 0.2) is 17.5 Å². The van der Waals surface area contributed by atoms with E-state index < -0.39 is 11.6 Å². The molecule has 1 aliphatic rings. The van der Waals surface area contributed by atoms with E-state index in [9.17, 15) is 13.6 Å². The lowest BCUT2D eigenvalue weighted by atomic mass is 9.93. The maximum Gasteiger partial charge on any atom is 0.220 e.